The minimum atomic E-state index is -0.397. The van der Waals surface area contributed by atoms with Crippen LogP contribution in [0.3, 0.4) is 0 Å². The van der Waals surface area contributed by atoms with Gasteiger partial charge in [-0.25, -0.2) is 0 Å². The van der Waals surface area contributed by atoms with Gasteiger partial charge in [-0.2, -0.15) is 0 Å². The first kappa shape index (κ1) is 14.3. The summed E-state index contributed by atoms with van der Waals surface area (Å²) >= 11 is 2.81. The van der Waals surface area contributed by atoms with Crippen molar-refractivity contribution in [3.63, 3.8) is 0 Å². The Kier molecular flexibility index (Phi) is 5.15. The number of hydrogen-bond donors (Lipinski definition) is 2. The number of carbonyl (C=O) groups excluding carboxylic acids is 2. The number of thioether (sulfide) groups is 1. The van der Waals surface area contributed by atoms with Gasteiger partial charge < -0.3 is 10.6 Å². The van der Waals surface area contributed by atoms with E-state index in [0.29, 0.717) is 13.0 Å². The first-order valence-electron chi connectivity index (χ1n) is 6.15. The van der Waals surface area contributed by atoms with Crippen molar-refractivity contribution in [3.05, 3.63) is 5.01 Å². The molecule has 0 aromatic carbocycles. The predicted molar refractivity (Wildman–Crippen MR) is 74.2 cm³/mol. The van der Waals surface area contributed by atoms with E-state index in [0.717, 1.165) is 22.2 Å². The second-order valence-electron chi connectivity index (χ2n) is 4.28. The lowest BCUT2D eigenvalue weighted by Crippen LogP contribution is -2.46. The van der Waals surface area contributed by atoms with Crippen LogP contribution in [0.15, 0.2) is 4.34 Å². The molecule has 0 unspecified atom stereocenters. The van der Waals surface area contributed by atoms with Crippen molar-refractivity contribution >= 4 is 34.9 Å². The topological polar surface area (TPSA) is 84.0 Å². The van der Waals surface area contributed by atoms with Crippen LogP contribution in [-0.2, 0) is 9.59 Å². The third kappa shape index (κ3) is 4.46. The summed E-state index contributed by atoms with van der Waals surface area (Å²) in [7, 11) is 0. The van der Waals surface area contributed by atoms with E-state index in [1.165, 1.54) is 23.1 Å². The summed E-state index contributed by atoms with van der Waals surface area (Å²) in [6.07, 6.45) is 2.63. The van der Waals surface area contributed by atoms with Crippen LogP contribution in [0.5, 0.6) is 0 Å². The van der Waals surface area contributed by atoms with E-state index in [9.17, 15) is 9.59 Å². The molecule has 2 N–H and O–H groups in total. The minimum Gasteiger partial charge on any atom is -0.354 e. The van der Waals surface area contributed by atoms with Gasteiger partial charge in [0.25, 0.3) is 0 Å². The summed E-state index contributed by atoms with van der Waals surface area (Å²) in [5.74, 6) is 0.0424. The predicted octanol–water partition coefficient (Wildman–Crippen LogP) is 0.724. The van der Waals surface area contributed by atoms with Crippen LogP contribution in [0.1, 0.15) is 24.3 Å². The average molecular weight is 300 g/mol. The van der Waals surface area contributed by atoms with Crippen LogP contribution >= 0.6 is 23.1 Å². The molecule has 1 atom stereocenters. The molecule has 2 amide bonds. The van der Waals surface area contributed by atoms with Crippen molar-refractivity contribution in [1.82, 2.24) is 20.8 Å². The van der Waals surface area contributed by atoms with Crippen molar-refractivity contribution in [3.8, 4) is 0 Å². The Morgan fingerprint density at radius 2 is 2.37 bits per heavy atom. The van der Waals surface area contributed by atoms with E-state index in [4.69, 9.17) is 0 Å². The van der Waals surface area contributed by atoms with E-state index >= 15 is 0 Å². The number of aryl methyl sites for hydroxylation is 1. The number of nitrogens with zero attached hydrogens (tertiary/aromatic N) is 2. The zero-order valence-corrected chi connectivity index (χ0v) is 12.3. The molecule has 0 spiro atoms. The first-order chi connectivity index (χ1) is 9.15. The van der Waals surface area contributed by atoms with E-state index < -0.39 is 6.04 Å². The normalized spacial score (nSPS) is 19.6. The molecule has 1 aliphatic rings. The average Bonchev–Trinajstić information content (AvgIpc) is 2.69. The zero-order valence-electron chi connectivity index (χ0n) is 10.6. The van der Waals surface area contributed by atoms with Crippen LogP contribution in [0, 0.1) is 6.92 Å². The van der Waals surface area contributed by atoms with Gasteiger partial charge in [0.1, 0.15) is 11.0 Å². The Balaban J connectivity index is 1.78. The second-order valence-corrected chi connectivity index (χ2v) is 6.69. The molecule has 0 bridgehead atoms. The fourth-order valence-electron chi connectivity index (χ4n) is 1.78. The molecule has 1 fully saturated rings. The summed E-state index contributed by atoms with van der Waals surface area (Å²) in [5.41, 5.74) is 0. The largest absolute Gasteiger partial charge is 0.354 e. The zero-order chi connectivity index (χ0) is 13.7. The quantitative estimate of drug-likeness (QED) is 0.801. The Labute approximate surface area is 119 Å². The van der Waals surface area contributed by atoms with Crippen LogP contribution in [-0.4, -0.2) is 40.4 Å². The number of aromatic nitrogens is 2. The number of rotatable bonds is 4. The highest BCUT2D eigenvalue weighted by Gasteiger charge is 2.22. The second kappa shape index (κ2) is 6.85. The van der Waals surface area contributed by atoms with Gasteiger partial charge in [-0.3, -0.25) is 9.59 Å². The molecule has 1 saturated heterocycles. The highest BCUT2D eigenvalue weighted by molar-refractivity contribution is 8.01. The number of carbonyl (C=O) groups is 2. The van der Waals surface area contributed by atoms with Gasteiger partial charge in [0, 0.05) is 6.54 Å². The fraction of sp³-hybridized carbons (Fsp3) is 0.636. The molecule has 1 aromatic rings. The van der Waals surface area contributed by atoms with E-state index in [-0.39, 0.29) is 17.6 Å². The molecule has 1 aromatic heterocycles. The summed E-state index contributed by atoms with van der Waals surface area (Å²) in [5, 5.41) is 14.3. The number of amides is 2. The Hall–Kier alpha value is -1.15. The molecular formula is C11H16N4O2S2. The molecule has 2 heterocycles. The smallest absolute Gasteiger partial charge is 0.242 e. The SMILES string of the molecule is Cc1nnc(SCC(=O)N[C@@H]2CCCCNC2=O)s1. The fourth-order valence-corrected chi connectivity index (χ4v) is 3.40. The third-order valence-electron chi connectivity index (χ3n) is 2.70. The lowest BCUT2D eigenvalue weighted by molar-refractivity contribution is -0.127. The highest BCUT2D eigenvalue weighted by Crippen LogP contribution is 2.21. The number of hydrogen-bond acceptors (Lipinski definition) is 6. The molecule has 6 nitrogen and oxygen atoms in total. The van der Waals surface area contributed by atoms with E-state index in [1.807, 2.05) is 6.92 Å². The summed E-state index contributed by atoms with van der Waals surface area (Å²) in [4.78, 5) is 23.5. The molecule has 8 heteroatoms. The van der Waals surface area contributed by atoms with Gasteiger partial charge in [0.15, 0.2) is 4.34 Å². The van der Waals surface area contributed by atoms with E-state index in [2.05, 4.69) is 20.8 Å². The Bertz CT molecular complexity index is 463. The van der Waals surface area contributed by atoms with Crippen molar-refractivity contribution < 1.29 is 9.59 Å². The maximum Gasteiger partial charge on any atom is 0.242 e. The van der Waals surface area contributed by atoms with Crippen molar-refractivity contribution in [1.29, 1.82) is 0 Å². The van der Waals surface area contributed by atoms with Gasteiger partial charge in [-0.15, -0.1) is 10.2 Å². The molecule has 19 heavy (non-hydrogen) atoms. The van der Waals surface area contributed by atoms with Gasteiger partial charge in [0.2, 0.25) is 11.8 Å². The van der Waals surface area contributed by atoms with Crippen molar-refractivity contribution in [2.45, 2.75) is 36.6 Å². The van der Waals surface area contributed by atoms with Crippen LogP contribution in [0.4, 0.5) is 0 Å². The summed E-state index contributed by atoms with van der Waals surface area (Å²) < 4.78 is 0.776. The highest BCUT2D eigenvalue weighted by atomic mass is 32.2. The summed E-state index contributed by atoms with van der Waals surface area (Å²) in [6, 6.07) is -0.397. The maximum absolute atomic E-state index is 11.8. The van der Waals surface area contributed by atoms with E-state index in [1.54, 1.807) is 0 Å². The molecule has 0 radical (unpaired) electrons. The van der Waals surface area contributed by atoms with Gasteiger partial charge in [-0.05, 0) is 26.2 Å². The van der Waals surface area contributed by atoms with Gasteiger partial charge in [-0.1, -0.05) is 23.1 Å². The molecule has 0 aliphatic carbocycles. The minimum absolute atomic E-state index is 0.0809. The van der Waals surface area contributed by atoms with Crippen LogP contribution in [0.25, 0.3) is 0 Å². The molecule has 2 rings (SSSR count). The number of nitrogens with one attached hydrogen (secondary N) is 2. The first-order valence-corrected chi connectivity index (χ1v) is 7.95. The lowest BCUT2D eigenvalue weighted by Gasteiger charge is -2.14. The van der Waals surface area contributed by atoms with Crippen molar-refractivity contribution in [2.24, 2.45) is 0 Å². The van der Waals surface area contributed by atoms with Crippen LogP contribution < -0.4 is 10.6 Å². The lowest BCUT2D eigenvalue weighted by atomic mass is 10.1. The monoisotopic (exact) mass is 300 g/mol. The van der Waals surface area contributed by atoms with Crippen molar-refractivity contribution in [2.75, 3.05) is 12.3 Å². The maximum atomic E-state index is 11.8. The Morgan fingerprint density at radius 1 is 1.53 bits per heavy atom. The molecule has 1 aliphatic heterocycles. The summed E-state index contributed by atoms with van der Waals surface area (Å²) in [6.45, 7) is 2.57. The molecule has 104 valence electrons. The third-order valence-corrected chi connectivity index (χ3v) is 4.68. The standard InChI is InChI=1S/C11H16N4O2S2/c1-7-14-15-11(19-7)18-6-9(16)13-8-4-2-3-5-12-10(8)17/h8H,2-6H2,1H3,(H,12,17)(H,13,16)/t8-/m1/s1. The van der Waals surface area contributed by atoms with Crippen LogP contribution in [0.2, 0.25) is 0 Å². The van der Waals surface area contributed by atoms with Gasteiger partial charge in [0.05, 0.1) is 5.75 Å². The molecular weight excluding hydrogens is 284 g/mol. The molecule has 0 saturated carbocycles. The van der Waals surface area contributed by atoms with Gasteiger partial charge >= 0.3 is 0 Å². The Morgan fingerprint density at radius 3 is 3.11 bits per heavy atom.